The van der Waals surface area contributed by atoms with Crippen molar-refractivity contribution in [3.8, 4) is 0 Å². The smallest absolute Gasteiger partial charge is 0.336 e. The second-order valence-corrected chi connectivity index (χ2v) is 7.17. The number of aromatic carboxylic acids is 2. The molecule has 0 aliphatic carbocycles. The summed E-state index contributed by atoms with van der Waals surface area (Å²) in [6, 6.07) is 3.20. The molecule has 4 nitrogen and oxygen atoms in total. The van der Waals surface area contributed by atoms with E-state index in [2.05, 4.69) is 13.8 Å². The predicted octanol–water partition coefficient (Wildman–Crippen LogP) is 5.36. The Labute approximate surface area is 144 Å². The summed E-state index contributed by atoms with van der Waals surface area (Å²) in [6.07, 6.45) is 6.09. The maximum absolute atomic E-state index is 11.7. The predicted molar refractivity (Wildman–Crippen MR) is 96.1 cm³/mol. The van der Waals surface area contributed by atoms with Gasteiger partial charge in [0.05, 0.1) is 11.1 Å². The van der Waals surface area contributed by atoms with Crippen molar-refractivity contribution < 1.29 is 19.8 Å². The van der Waals surface area contributed by atoms with Crippen LogP contribution in [0.15, 0.2) is 12.1 Å². The lowest BCUT2D eigenvalue weighted by Crippen LogP contribution is -2.14. The lowest BCUT2D eigenvalue weighted by atomic mass is 9.87. The minimum Gasteiger partial charge on any atom is -0.478 e. The molecule has 1 aromatic rings. The number of rotatable bonds is 10. The minimum atomic E-state index is -1.18. The van der Waals surface area contributed by atoms with Crippen molar-refractivity contribution >= 4 is 11.9 Å². The molecule has 0 atom stereocenters. The van der Waals surface area contributed by atoms with Gasteiger partial charge in [-0.3, -0.25) is 0 Å². The SMILES string of the molecule is CC(C)CCCCCCc1c(C(C)C)ccc(C(=O)O)c1C(=O)O. The fraction of sp³-hybridized carbons (Fsp3) is 0.600. The van der Waals surface area contributed by atoms with Crippen LogP contribution in [0.1, 0.15) is 97.6 Å². The van der Waals surface area contributed by atoms with Gasteiger partial charge >= 0.3 is 11.9 Å². The van der Waals surface area contributed by atoms with E-state index in [1.54, 1.807) is 6.07 Å². The Morgan fingerprint density at radius 3 is 2.04 bits per heavy atom. The highest BCUT2D eigenvalue weighted by Crippen LogP contribution is 2.28. The molecule has 0 aliphatic rings. The Balaban J connectivity index is 2.95. The number of carbonyl (C=O) groups is 2. The van der Waals surface area contributed by atoms with Crippen LogP contribution in [0.5, 0.6) is 0 Å². The van der Waals surface area contributed by atoms with Crippen LogP contribution in [-0.2, 0) is 6.42 Å². The first kappa shape index (κ1) is 20.2. The van der Waals surface area contributed by atoms with Crippen molar-refractivity contribution in [2.24, 2.45) is 5.92 Å². The Morgan fingerprint density at radius 2 is 1.54 bits per heavy atom. The van der Waals surface area contributed by atoms with Crippen LogP contribution in [0.25, 0.3) is 0 Å². The summed E-state index contributed by atoms with van der Waals surface area (Å²) in [6.45, 7) is 8.44. The molecule has 1 aromatic carbocycles. The molecule has 0 spiro atoms. The summed E-state index contributed by atoms with van der Waals surface area (Å²) < 4.78 is 0. The largest absolute Gasteiger partial charge is 0.478 e. The number of benzene rings is 1. The molecule has 1 rings (SSSR count). The molecular formula is C20H30O4. The van der Waals surface area contributed by atoms with Gasteiger partial charge in [0.25, 0.3) is 0 Å². The van der Waals surface area contributed by atoms with E-state index in [-0.39, 0.29) is 17.0 Å². The van der Waals surface area contributed by atoms with E-state index in [1.165, 1.54) is 18.9 Å². The van der Waals surface area contributed by atoms with Gasteiger partial charge in [-0.15, -0.1) is 0 Å². The maximum Gasteiger partial charge on any atom is 0.336 e. The summed E-state index contributed by atoms with van der Waals surface area (Å²) in [5, 5.41) is 18.8. The molecule has 2 N–H and O–H groups in total. The van der Waals surface area contributed by atoms with Gasteiger partial charge in [0.1, 0.15) is 0 Å². The van der Waals surface area contributed by atoms with Crippen molar-refractivity contribution in [1.82, 2.24) is 0 Å². The van der Waals surface area contributed by atoms with E-state index in [0.29, 0.717) is 17.9 Å². The van der Waals surface area contributed by atoms with Gasteiger partial charge in [-0.05, 0) is 41.9 Å². The zero-order chi connectivity index (χ0) is 18.3. The lowest BCUT2D eigenvalue weighted by Gasteiger charge is -2.17. The van der Waals surface area contributed by atoms with Crippen LogP contribution >= 0.6 is 0 Å². The highest BCUT2D eigenvalue weighted by molar-refractivity contribution is 6.03. The van der Waals surface area contributed by atoms with Gasteiger partial charge < -0.3 is 10.2 Å². The van der Waals surface area contributed by atoms with E-state index in [1.807, 2.05) is 13.8 Å². The standard InChI is InChI=1S/C20H30O4/c1-13(2)9-7-5-6-8-10-16-15(14(3)4)11-12-17(19(21)22)18(16)20(23)24/h11-14H,5-10H2,1-4H3,(H,21,22)(H,23,24). The van der Waals surface area contributed by atoms with Crippen LogP contribution in [0, 0.1) is 5.92 Å². The lowest BCUT2D eigenvalue weighted by molar-refractivity contribution is 0.0650. The molecule has 0 unspecified atom stereocenters. The van der Waals surface area contributed by atoms with Gasteiger partial charge in [0.15, 0.2) is 0 Å². The van der Waals surface area contributed by atoms with E-state index in [4.69, 9.17) is 0 Å². The van der Waals surface area contributed by atoms with E-state index >= 15 is 0 Å². The zero-order valence-corrected chi connectivity index (χ0v) is 15.3. The zero-order valence-electron chi connectivity index (χ0n) is 15.3. The normalized spacial score (nSPS) is 11.2. The van der Waals surface area contributed by atoms with Crippen molar-refractivity contribution in [2.45, 2.75) is 72.1 Å². The van der Waals surface area contributed by atoms with E-state index in [9.17, 15) is 19.8 Å². The van der Waals surface area contributed by atoms with E-state index in [0.717, 1.165) is 24.8 Å². The molecule has 0 saturated heterocycles. The molecule has 0 heterocycles. The minimum absolute atomic E-state index is 0.0316. The number of unbranched alkanes of at least 4 members (excludes halogenated alkanes) is 3. The monoisotopic (exact) mass is 334 g/mol. The van der Waals surface area contributed by atoms with Crippen LogP contribution in [-0.4, -0.2) is 22.2 Å². The first-order valence-electron chi connectivity index (χ1n) is 8.88. The first-order chi connectivity index (χ1) is 11.3. The third-order valence-corrected chi connectivity index (χ3v) is 4.37. The molecule has 0 aliphatic heterocycles. The summed E-state index contributed by atoms with van der Waals surface area (Å²) in [7, 11) is 0. The summed E-state index contributed by atoms with van der Waals surface area (Å²) in [5.74, 6) is -1.45. The molecule has 0 aromatic heterocycles. The van der Waals surface area contributed by atoms with Crippen molar-refractivity contribution in [3.63, 3.8) is 0 Å². The summed E-state index contributed by atoms with van der Waals surface area (Å²) in [4.78, 5) is 23.0. The third-order valence-electron chi connectivity index (χ3n) is 4.37. The van der Waals surface area contributed by atoms with Crippen LogP contribution in [0.2, 0.25) is 0 Å². The van der Waals surface area contributed by atoms with Crippen molar-refractivity contribution in [3.05, 3.63) is 34.4 Å². The Morgan fingerprint density at radius 1 is 0.917 bits per heavy atom. The number of carboxylic acids is 2. The second-order valence-electron chi connectivity index (χ2n) is 7.17. The number of hydrogen-bond donors (Lipinski definition) is 2. The van der Waals surface area contributed by atoms with Crippen molar-refractivity contribution in [1.29, 1.82) is 0 Å². The molecule has 0 fully saturated rings. The highest BCUT2D eigenvalue weighted by Gasteiger charge is 2.23. The quantitative estimate of drug-likeness (QED) is 0.565. The van der Waals surface area contributed by atoms with Crippen LogP contribution in [0.3, 0.4) is 0 Å². The Kier molecular flexibility index (Phi) is 7.96. The molecule has 4 heteroatoms. The molecule has 0 amide bonds. The second kappa shape index (κ2) is 9.45. The molecular weight excluding hydrogens is 304 g/mol. The third kappa shape index (κ3) is 5.66. The van der Waals surface area contributed by atoms with E-state index < -0.39 is 11.9 Å². The fourth-order valence-corrected chi connectivity index (χ4v) is 3.10. The summed E-state index contributed by atoms with van der Waals surface area (Å²) in [5.41, 5.74) is 1.50. The Bertz CT molecular complexity index is 573. The fourth-order valence-electron chi connectivity index (χ4n) is 3.10. The van der Waals surface area contributed by atoms with Gasteiger partial charge in [-0.1, -0.05) is 59.4 Å². The number of carboxylic acid groups (broad SMARTS) is 2. The molecule has 0 radical (unpaired) electrons. The molecule has 0 bridgehead atoms. The van der Waals surface area contributed by atoms with Crippen LogP contribution in [0.4, 0.5) is 0 Å². The first-order valence-corrected chi connectivity index (χ1v) is 8.88. The average Bonchev–Trinajstić information content (AvgIpc) is 2.48. The van der Waals surface area contributed by atoms with Gasteiger partial charge in [0.2, 0.25) is 0 Å². The highest BCUT2D eigenvalue weighted by atomic mass is 16.4. The summed E-state index contributed by atoms with van der Waals surface area (Å²) >= 11 is 0. The van der Waals surface area contributed by atoms with Gasteiger partial charge in [-0.2, -0.15) is 0 Å². The topological polar surface area (TPSA) is 74.6 Å². The average molecular weight is 334 g/mol. The molecule has 0 saturated carbocycles. The maximum atomic E-state index is 11.7. The molecule has 134 valence electrons. The van der Waals surface area contributed by atoms with Crippen molar-refractivity contribution in [2.75, 3.05) is 0 Å². The van der Waals surface area contributed by atoms with Crippen LogP contribution < -0.4 is 0 Å². The number of hydrogen-bond acceptors (Lipinski definition) is 2. The van der Waals surface area contributed by atoms with Gasteiger partial charge in [-0.25, -0.2) is 9.59 Å². The Hall–Kier alpha value is -1.84. The molecule has 24 heavy (non-hydrogen) atoms. The van der Waals surface area contributed by atoms with Gasteiger partial charge in [0, 0.05) is 0 Å².